The van der Waals surface area contributed by atoms with E-state index in [4.69, 9.17) is 4.74 Å². The van der Waals surface area contributed by atoms with Gasteiger partial charge in [-0.25, -0.2) is 9.18 Å². The van der Waals surface area contributed by atoms with E-state index in [1.165, 1.54) is 12.1 Å². The third kappa shape index (κ3) is 5.48. The van der Waals surface area contributed by atoms with Crippen LogP contribution in [-0.4, -0.2) is 19.1 Å². The van der Waals surface area contributed by atoms with E-state index in [1.807, 2.05) is 12.1 Å². The minimum absolute atomic E-state index is 0.261. The minimum Gasteiger partial charge on any atom is -0.462 e. The van der Waals surface area contributed by atoms with Crippen molar-refractivity contribution in [2.24, 2.45) is 0 Å². The van der Waals surface area contributed by atoms with Gasteiger partial charge in [-0.05, 0) is 55.5 Å². The van der Waals surface area contributed by atoms with Gasteiger partial charge in [-0.3, -0.25) is 0 Å². The van der Waals surface area contributed by atoms with Crippen LogP contribution in [0.15, 0.2) is 48.5 Å². The van der Waals surface area contributed by atoms with Crippen molar-refractivity contribution in [3.8, 4) is 11.8 Å². The predicted molar refractivity (Wildman–Crippen MR) is 88.8 cm³/mol. The number of carbonyl (C=O) groups excluding carboxylic acids is 1. The average Bonchev–Trinajstić information content (AvgIpc) is 2.57. The molecule has 2 aromatic carbocycles. The molecule has 1 N–H and O–H groups in total. The Labute approximate surface area is 135 Å². The first-order valence-corrected chi connectivity index (χ1v) is 7.44. The molecule has 2 rings (SSSR count). The summed E-state index contributed by atoms with van der Waals surface area (Å²) in [6, 6.07) is 13.2. The second-order valence-corrected chi connectivity index (χ2v) is 4.78. The Morgan fingerprint density at radius 1 is 1.13 bits per heavy atom. The number of ether oxygens (including phenoxy) is 1. The molecule has 0 aliphatic rings. The molecule has 0 radical (unpaired) electrons. The molecule has 0 spiro atoms. The van der Waals surface area contributed by atoms with Gasteiger partial charge in [0.2, 0.25) is 0 Å². The Bertz CT molecular complexity index is 697. The van der Waals surface area contributed by atoms with E-state index in [2.05, 4.69) is 17.2 Å². The molecule has 0 heterocycles. The van der Waals surface area contributed by atoms with Crippen LogP contribution in [0.5, 0.6) is 0 Å². The van der Waals surface area contributed by atoms with E-state index < -0.39 is 0 Å². The lowest BCUT2D eigenvalue weighted by molar-refractivity contribution is 0.0526. The van der Waals surface area contributed by atoms with Crippen molar-refractivity contribution in [1.29, 1.82) is 0 Å². The number of benzene rings is 2. The number of hydrogen-bond donors (Lipinski definition) is 1. The van der Waals surface area contributed by atoms with Crippen LogP contribution in [0.2, 0.25) is 0 Å². The number of esters is 1. The zero-order valence-electron chi connectivity index (χ0n) is 12.9. The summed E-state index contributed by atoms with van der Waals surface area (Å²) in [4.78, 5) is 11.5. The second kappa shape index (κ2) is 8.60. The van der Waals surface area contributed by atoms with Gasteiger partial charge in [0.05, 0.1) is 12.2 Å². The van der Waals surface area contributed by atoms with Gasteiger partial charge in [0.15, 0.2) is 0 Å². The van der Waals surface area contributed by atoms with Gasteiger partial charge in [-0.1, -0.05) is 11.8 Å². The Morgan fingerprint density at radius 2 is 1.83 bits per heavy atom. The smallest absolute Gasteiger partial charge is 0.338 e. The largest absolute Gasteiger partial charge is 0.462 e. The van der Waals surface area contributed by atoms with E-state index in [9.17, 15) is 9.18 Å². The van der Waals surface area contributed by atoms with Crippen LogP contribution in [-0.2, 0) is 4.74 Å². The summed E-state index contributed by atoms with van der Waals surface area (Å²) in [5.41, 5.74) is 2.25. The summed E-state index contributed by atoms with van der Waals surface area (Å²) in [5.74, 6) is 5.43. The van der Waals surface area contributed by atoms with E-state index in [-0.39, 0.29) is 11.8 Å². The van der Waals surface area contributed by atoms with Crippen LogP contribution in [0.1, 0.15) is 29.3 Å². The fourth-order valence-electron chi connectivity index (χ4n) is 1.91. The molecule has 23 heavy (non-hydrogen) atoms. The van der Waals surface area contributed by atoms with Crippen molar-refractivity contribution < 1.29 is 13.9 Å². The lowest BCUT2D eigenvalue weighted by atomic mass is 10.2. The van der Waals surface area contributed by atoms with Crippen molar-refractivity contribution in [2.75, 3.05) is 18.5 Å². The first-order valence-electron chi connectivity index (χ1n) is 7.44. The van der Waals surface area contributed by atoms with Crippen LogP contribution in [0.3, 0.4) is 0 Å². The maximum absolute atomic E-state index is 12.8. The average molecular weight is 311 g/mol. The Morgan fingerprint density at radius 3 is 2.48 bits per heavy atom. The Hall–Kier alpha value is -2.80. The van der Waals surface area contributed by atoms with Gasteiger partial charge in [0.25, 0.3) is 0 Å². The highest BCUT2D eigenvalue weighted by atomic mass is 19.1. The molecule has 4 heteroatoms. The molecule has 0 bridgehead atoms. The molecule has 118 valence electrons. The molecule has 0 aliphatic heterocycles. The first-order chi connectivity index (χ1) is 11.2. The summed E-state index contributed by atoms with van der Waals surface area (Å²) in [6.45, 7) is 2.83. The fourth-order valence-corrected chi connectivity index (χ4v) is 1.91. The van der Waals surface area contributed by atoms with Crippen LogP contribution in [0, 0.1) is 17.7 Å². The van der Waals surface area contributed by atoms with Gasteiger partial charge in [0, 0.05) is 24.2 Å². The summed E-state index contributed by atoms with van der Waals surface area (Å²) in [6.07, 6.45) is 0.664. The first kappa shape index (κ1) is 16.6. The number of carbonyl (C=O) groups is 1. The molecule has 0 aliphatic carbocycles. The van der Waals surface area contributed by atoms with Crippen LogP contribution >= 0.6 is 0 Å². The SMILES string of the molecule is CCOC(=O)c1ccc(NCCC#Cc2ccc(F)cc2)cc1. The van der Waals surface area contributed by atoms with Gasteiger partial charge < -0.3 is 10.1 Å². The molecule has 0 amide bonds. The highest BCUT2D eigenvalue weighted by molar-refractivity contribution is 5.89. The standard InChI is InChI=1S/C19H18FNO2/c1-2-23-19(22)16-8-12-18(13-9-16)21-14-4-3-5-15-6-10-17(20)11-7-15/h6-13,21H,2,4,14H2,1H3. The summed E-state index contributed by atoms with van der Waals surface area (Å²) < 4.78 is 17.7. The van der Waals surface area contributed by atoms with E-state index >= 15 is 0 Å². The molecule has 0 saturated heterocycles. The fraction of sp³-hybridized carbons (Fsp3) is 0.211. The second-order valence-electron chi connectivity index (χ2n) is 4.78. The number of nitrogens with one attached hydrogen (secondary N) is 1. The Kier molecular flexibility index (Phi) is 6.19. The maximum atomic E-state index is 12.8. The van der Waals surface area contributed by atoms with Gasteiger partial charge >= 0.3 is 5.97 Å². The molecule has 0 fully saturated rings. The normalized spacial score (nSPS) is 9.65. The monoisotopic (exact) mass is 311 g/mol. The molecular formula is C19H18FNO2. The van der Waals surface area contributed by atoms with E-state index in [1.54, 1.807) is 31.2 Å². The predicted octanol–water partition coefficient (Wildman–Crippen LogP) is 3.86. The molecule has 0 unspecified atom stereocenters. The molecule has 0 aromatic heterocycles. The van der Waals surface area contributed by atoms with E-state index in [0.29, 0.717) is 25.1 Å². The number of anilines is 1. The topological polar surface area (TPSA) is 38.3 Å². The van der Waals surface area contributed by atoms with Gasteiger partial charge in [0.1, 0.15) is 5.82 Å². The number of hydrogen-bond acceptors (Lipinski definition) is 3. The summed E-state index contributed by atoms with van der Waals surface area (Å²) in [7, 11) is 0. The van der Waals surface area contributed by atoms with Crippen molar-refractivity contribution in [3.05, 3.63) is 65.5 Å². The van der Waals surface area contributed by atoms with Crippen LogP contribution in [0.25, 0.3) is 0 Å². The number of halogens is 1. The van der Waals surface area contributed by atoms with Gasteiger partial charge in [-0.2, -0.15) is 0 Å². The Balaban J connectivity index is 1.78. The summed E-state index contributed by atoms with van der Waals surface area (Å²) in [5, 5.41) is 3.22. The third-order valence-corrected chi connectivity index (χ3v) is 3.05. The van der Waals surface area contributed by atoms with Crippen molar-refractivity contribution >= 4 is 11.7 Å². The van der Waals surface area contributed by atoms with Crippen molar-refractivity contribution in [2.45, 2.75) is 13.3 Å². The molecule has 2 aromatic rings. The van der Waals surface area contributed by atoms with Gasteiger partial charge in [-0.15, -0.1) is 0 Å². The zero-order valence-corrected chi connectivity index (χ0v) is 12.9. The lowest BCUT2D eigenvalue weighted by Gasteiger charge is -2.05. The van der Waals surface area contributed by atoms with E-state index in [0.717, 1.165) is 11.3 Å². The zero-order chi connectivity index (χ0) is 16.5. The molecular weight excluding hydrogens is 293 g/mol. The highest BCUT2D eigenvalue weighted by Gasteiger charge is 2.04. The molecule has 0 saturated carbocycles. The third-order valence-electron chi connectivity index (χ3n) is 3.05. The van der Waals surface area contributed by atoms with Crippen LogP contribution < -0.4 is 5.32 Å². The quantitative estimate of drug-likeness (QED) is 0.518. The molecule has 3 nitrogen and oxygen atoms in total. The maximum Gasteiger partial charge on any atom is 0.338 e. The highest BCUT2D eigenvalue weighted by Crippen LogP contribution is 2.10. The van der Waals surface area contributed by atoms with Crippen molar-refractivity contribution in [3.63, 3.8) is 0 Å². The lowest BCUT2D eigenvalue weighted by Crippen LogP contribution is -2.05. The van der Waals surface area contributed by atoms with Crippen LogP contribution in [0.4, 0.5) is 10.1 Å². The number of rotatable bonds is 5. The molecule has 0 atom stereocenters. The summed E-state index contributed by atoms with van der Waals surface area (Å²) >= 11 is 0. The van der Waals surface area contributed by atoms with Crippen molar-refractivity contribution in [1.82, 2.24) is 0 Å². The minimum atomic E-state index is -0.316.